The average molecular weight is 963 g/mol. The van der Waals surface area contributed by atoms with E-state index in [4.69, 9.17) is 54.1 Å². The summed E-state index contributed by atoms with van der Waals surface area (Å²) in [5.41, 5.74) is 13.8. The summed E-state index contributed by atoms with van der Waals surface area (Å²) in [7, 11) is 0. The van der Waals surface area contributed by atoms with Gasteiger partial charge in [0.15, 0.2) is 0 Å². The van der Waals surface area contributed by atoms with Crippen LogP contribution >= 0.6 is 31.9 Å². The first-order valence-electron chi connectivity index (χ1n) is 16.8. The number of hydrogen-bond acceptors (Lipinski definition) is 14. The molecule has 1 N–H and O–H groups in total. The van der Waals surface area contributed by atoms with E-state index in [1.807, 2.05) is 0 Å². The molecule has 0 aromatic heterocycles. The molecular formula is C33H57Br2F3N6O13. The molecule has 24 heteroatoms. The number of carbonyl (C=O) groups is 5. The number of azide groups is 2. The number of hydrogen-bond donors (Lipinski definition) is 1. The minimum Gasteiger partial charge on any atom is -0.480 e. The fourth-order valence-corrected chi connectivity index (χ4v) is 5.03. The Balaban J connectivity index is -0.000000427. The highest BCUT2D eigenvalue weighted by molar-refractivity contribution is 9.10. The number of alkyl halides is 5. The van der Waals surface area contributed by atoms with E-state index in [1.165, 1.54) is 0 Å². The van der Waals surface area contributed by atoms with E-state index in [0.29, 0.717) is 39.6 Å². The Morgan fingerprint density at radius 2 is 0.982 bits per heavy atom. The number of esters is 3. The summed E-state index contributed by atoms with van der Waals surface area (Å²) in [4.78, 5) is 59.4. The van der Waals surface area contributed by atoms with Crippen molar-refractivity contribution in [2.24, 2.45) is 21.1 Å². The summed E-state index contributed by atoms with van der Waals surface area (Å²) >= 11 is 6.29. The number of halogens is 5. The third-order valence-corrected chi connectivity index (χ3v) is 7.42. The molecule has 0 bridgehead atoms. The first-order valence-corrected chi connectivity index (χ1v) is 18.6. The average Bonchev–Trinajstić information content (AvgIpc) is 3.08. The van der Waals surface area contributed by atoms with E-state index in [1.54, 1.807) is 48.5 Å². The van der Waals surface area contributed by atoms with Gasteiger partial charge >= 0.3 is 30.1 Å². The maximum atomic E-state index is 12.2. The highest BCUT2D eigenvalue weighted by atomic mass is 79.9. The molecule has 332 valence electrons. The van der Waals surface area contributed by atoms with Crippen molar-refractivity contribution in [1.29, 1.82) is 0 Å². The van der Waals surface area contributed by atoms with E-state index in [-0.39, 0.29) is 59.8 Å². The Hall–Kier alpha value is -3.24. The van der Waals surface area contributed by atoms with Gasteiger partial charge in [-0.3, -0.25) is 24.0 Å². The molecule has 19 nitrogen and oxygen atoms in total. The Labute approximate surface area is 347 Å². The van der Waals surface area contributed by atoms with Crippen molar-refractivity contribution >= 4 is 62.0 Å². The molecule has 0 rings (SSSR count). The van der Waals surface area contributed by atoms with Crippen molar-refractivity contribution in [1.82, 2.24) is 0 Å². The molecule has 0 aliphatic carbocycles. The molecule has 57 heavy (non-hydrogen) atoms. The van der Waals surface area contributed by atoms with Crippen molar-refractivity contribution in [3.8, 4) is 0 Å². The van der Waals surface area contributed by atoms with Crippen LogP contribution in [0.25, 0.3) is 20.9 Å². The highest BCUT2D eigenvalue weighted by Gasteiger charge is 2.36. The Morgan fingerprint density at radius 1 is 0.667 bits per heavy atom. The molecule has 2 unspecified atom stereocenters. The van der Waals surface area contributed by atoms with E-state index in [0.717, 1.165) is 0 Å². The fraction of sp³-hybridized carbons (Fsp3) is 0.848. The highest BCUT2D eigenvalue weighted by Crippen LogP contribution is 2.29. The van der Waals surface area contributed by atoms with E-state index >= 15 is 0 Å². The first kappa shape index (κ1) is 60.4. The number of carboxylic acids is 1. The van der Waals surface area contributed by atoms with Crippen LogP contribution in [-0.2, 0) is 57.1 Å². The molecular weight excluding hydrogens is 905 g/mol. The van der Waals surface area contributed by atoms with Gasteiger partial charge in [0.1, 0.15) is 28.5 Å². The van der Waals surface area contributed by atoms with E-state index in [2.05, 4.69) is 51.9 Å². The number of aldehydes is 1. The third-order valence-electron chi connectivity index (χ3n) is 6.01. The van der Waals surface area contributed by atoms with Gasteiger partial charge in [-0.25, -0.2) is 0 Å². The lowest BCUT2D eigenvalue weighted by Gasteiger charge is -2.27. The maximum Gasteiger partial charge on any atom is 0.446 e. The van der Waals surface area contributed by atoms with Crippen LogP contribution in [-0.4, -0.2) is 136 Å². The molecule has 0 radical (unpaired) electrons. The quantitative estimate of drug-likeness (QED) is 0.0135. The molecule has 0 amide bonds. The zero-order valence-corrected chi connectivity index (χ0v) is 35.7. The molecule has 0 saturated carbocycles. The first-order chi connectivity index (χ1) is 25.9. The second kappa shape index (κ2) is 33.7. The van der Waals surface area contributed by atoms with Gasteiger partial charge in [-0.1, -0.05) is 49.5 Å². The number of rotatable bonds is 26. The van der Waals surface area contributed by atoms with Gasteiger partial charge in [0, 0.05) is 22.9 Å². The van der Waals surface area contributed by atoms with Crippen LogP contribution in [0.2, 0.25) is 0 Å². The summed E-state index contributed by atoms with van der Waals surface area (Å²) in [5, 5.41) is 15.5. The molecule has 0 aromatic carbocycles. The molecule has 0 aromatic rings. The molecule has 0 heterocycles. The molecule has 0 fully saturated rings. The largest absolute Gasteiger partial charge is 0.480 e. The minimum absolute atomic E-state index is 0. The van der Waals surface area contributed by atoms with Crippen molar-refractivity contribution < 1.29 is 75.4 Å². The molecule has 0 saturated heterocycles. The maximum absolute atomic E-state index is 12.2. The molecule has 0 spiro atoms. The number of nitrogens with zero attached hydrogens (tertiary/aromatic N) is 6. The fourth-order valence-electron chi connectivity index (χ4n) is 3.32. The van der Waals surface area contributed by atoms with Gasteiger partial charge in [-0.15, -0.1) is 0 Å². The second-order valence-corrected chi connectivity index (χ2v) is 15.5. The summed E-state index contributed by atoms with van der Waals surface area (Å²) in [6, 6.07) is 0. The van der Waals surface area contributed by atoms with Crippen molar-refractivity contribution in [2.45, 2.75) is 90.2 Å². The smallest absolute Gasteiger partial charge is 0.446 e. The predicted molar refractivity (Wildman–Crippen MR) is 208 cm³/mol. The normalized spacial score (nSPS) is 12.2. The van der Waals surface area contributed by atoms with Crippen LogP contribution in [0.4, 0.5) is 13.2 Å². The lowest BCUT2D eigenvalue weighted by molar-refractivity contribution is -0.159. The number of carboxylic acid groups (broad SMARTS) is 1. The predicted octanol–water partition coefficient (Wildman–Crippen LogP) is 6.92. The Morgan fingerprint density at radius 3 is 1.28 bits per heavy atom. The van der Waals surface area contributed by atoms with Gasteiger partial charge in [0.2, 0.25) is 6.29 Å². The van der Waals surface area contributed by atoms with Gasteiger partial charge in [0.05, 0.1) is 63.7 Å². The second-order valence-electron chi connectivity index (χ2n) is 13.3. The Bertz CT molecular complexity index is 1260. The van der Waals surface area contributed by atoms with Gasteiger partial charge in [-0.2, -0.15) is 13.2 Å². The van der Waals surface area contributed by atoms with Gasteiger partial charge in [-0.05, 0) is 72.4 Å². The van der Waals surface area contributed by atoms with Crippen LogP contribution in [0.1, 0.15) is 68.7 Å². The third kappa shape index (κ3) is 39.4. The molecule has 2 atom stereocenters. The standard InChI is InChI=1S/C17H30BrN3O6.C13H22BrN3O6.C2HF3O.CH4/c1-16(2,3)27-14(22)13(18)12-17(4,5)15(23)26-11-10-25-9-8-24-7-6-20-21-19;1-13(2,9-10(14)11(18)19)12(20)23-8-7-22-6-5-21-4-3-16-17-15;3-2(4,5)1-6;/h13H,6-12H2,1-5H3;10H,3-9H2,1-2H3,(H,18,19);1H;1H4. The lowest BCUT2D eigenvalue weighted by Crippen LogP contribution is -2.35. The molecule has 0 aliphatic rings. The van der Waals surface area contributed by atoms with Gasteiger partial charge in [0.25, 0.3) is 0 Å². The summed E-state index contributed by atoms with van der Waals surface area (Å²) in [6.07, 6.45) is -5.32. The molecule has 0 aliphatic heterocycles. The summed E-state index contributed by atoms with van der Waals surface area (Å²) in [6.45, 7) is 15.3. The number of aliphatic carboxylic acids is 1. The topological polar surface area (TPSA) is 268 Å². The summed E-state index contributed by atoms with van der Waals surface area (Å²) < 4.78 is 67.6. The summed E-state index contributed by atoms with van der Waals surface area (Å²) in [5.74, 6) is -2.32. The van der Waals surface area contributed by atoms with Crippen LogP contribution in [0.3, 0.4) is 0 Å². The Kier molecular flexibility index (Phi) is 35.7. The van der Waals surface area contributed by atoms with E-state index < -0.39 is 62.4 Å². The van der Waals surface area contributed by atoms with Gasteiger partial charge < -0.3 is 38.3 Å². The SMILES string of the molecule is C.CC(C)(C)OC(=O)C(Br)CC(C)(C)C(=O)OCCOCCOCCN=[N+]=[N-].CC(C)(CC(Br)C(=O)O)C(=O)OCCOCCOCCN=[N+]=[N-].O=CC(F)(F)F. The monoisotopic (exact) mass is 960 g/mol. The van der Waals surface area contributed by atoms with Crippen molar-refractivity contribution in [3.63, 3.8) is 0 Å². The zero-order valence-electron chi connectivity index (χ0n) is 32.6. The van der Waals surface area contributed by atoms with Crippen LogP contribution in [0.5, 0.6) is 0 Å². The van der Waals surface area contributed by atoms with Crippen molar-refractivity contribution in [2.75, 3.05) is 79.2 Å². The number of ether oxygens (including phenoxy) is 7. The van der Waals surface area contributed by atoms with E-state index in [9.17, 15) is 32.3 Å². The van der Waals surface area contributed by atoms with Crippen LogP contribution < -0.4 is 0 Å². The zero-order chi connectivity index (χ0) is 43.8. The van der Waals surface area contributed by atoms with Crippen LogP contribution in [0.15, 0.2) is 10.2 Å². The number of carbonyl (C=O) groups excluding carboxylic acids is 4. The van der Waals surface area contributed by atoms with Crippen LogP contribution in [0, 0.1) is 10.8 Å². The van der Waals surface area contributed by atoms with Crippen molar-refractivity contribution in [3.05, 3.63) is 20.9 Å². The minimum atomic E-state index is -4.64. The lowest BCUT2D eigenvalue weighted by atomic mass is 9.88.